The third-order valence-electron chi connectivity index (χ3n) is 3.54. The highest BCUT2D eigenvalue weighted by Gasteiger charge is 2.08. The maximum absolute atomic E-state index is 4.27. The first-order valence-corrected chi connectivity index (χ1v) is 6.71. The first-order valence-electron chi connectivity index (χ1n) is 6.71. The molecule has 19 heavy (non-hydrogen) atoms. The average molecular weight is 257 g/mol. The lowest BCUT2D eigenvalue weighted by Gasteiger charge is -2.14. The van der Waals surface area contributed by atoms with E-state index in [0.29, 0.717) is 0 Å². The van der Waals surface area contributed by atoms with Crippen LogP contribution in [0.2, 0.25) is 0 Å². The zero-order valence-electron chi connectivity index (χ0n) is 11.2. The Labute approximate surface area is 113 Å². The highest BCUT2D eigenvalue weighted by atomic mass is 15.2. The molecule has 0 spiro atoms. The van der Waals surface area contributed by atoms with Crippen molar-refractivity contribution in [1.82, 2.24) is 24.6 Å². The molecule has 0 aromatic carbocycles. The molecule has 0 saturated heterocycles. The first kappa shape index (κ1) is 12.2. The van der Waals surface area contributed by atoms with Gasteiger partial charge in [-0.1, -0.05) is 11.6 Å². The Bertz CT molecular complexity index is 578. The fraction of sp³-hybridized carbons (Fsp3) is 0.429. The van der Waals surface area contributed by atoms with Crippen LogP contribution in [-0.2, 0) is 13.6 Å². The second-order valence-electron chi connectivity index (χ2n) is 4.94. The fourth-order valence-electron chi connectivity index (χ4n) is 2.45. The van der Waals surface area contributed by atoms with E-state index in [4.69, 9.17) is 0 Å². The van der Waals surface area contributed by atoms with Crippen LogP contribution < -0.4 is 5.32 Å². The van der Waals surface area contributed by atoms with Gasteiger partial charge in [0.15, 0.2) is 0 Å². The van der Waals surface area contributed by atoms with Crippen molar-refractivity contribution in [2.45, 2.75) is 19.4 Å². The standard InChI is InChI=1S/C14H19N5/c1-18-10-13(8-17-18)14-9-16-11-19(14)7-4-12-2-5-15-6-3-12/h2,8-11,15H,3-7H2,1H3. The van der Waals surface area contributed by atoms with E-state index in [1.807, 2.05) is 36.6 Å². The van der Waals surface area contributed by atoms with E-state index < -0.39 is 0 Å². The lowest BCUT2D eigenvalue weighted by Crippen LogP contribution is -2.21. The first-order chi connectivity index (χ1) is 9.33. The van der Waals surface area contributed by atoms with Crippen molar-refractivity contribution in [2.75, 3.05) is 13.1 Å². The number of rotatable bonds is 4. The number of hydrogen-bond acceptors (Lipinski definition) is 3. The Kier molecular flexibility index (Phi) is 3.46. The van der Waals surface area contributed by atoms with Crippen LogP contribution in [0.15, 0.2) is 36.6 Å². The van der Waals surface area contributed by atoms with E-state index in [0.717, 1.165) is 43.7 Å². The molecule has 2 aromatic rings. The molecule has 2 aromatic heterocycles. The van der Waals surface area contributed by atoms with Gasteiger partial charge in [-0.25, -0.2) is 4.98 Å². The van der Waals surface area contributed by atoms with Gasteiger partial charge < -0.3 is 9.88 Å². The average Bonchev–Trinajstić information content (AvgIpc) is 3.06. The highest BCUT2D eigenvalue weighted by molar-refractivity contribution is 5.56. The van der Waals surface area contributed by atoms with Crippen molar-refractivity contribution in [3.8, 4) is 11.3 Å². The van der Waals surface area contributed by atoms with Crippen LogP contribution in [0.3, 0.4) is 0 Å². The molecule has 0 unspecified atom stereocenters. The summed E-state index contributed by atoms with van der Waals surface area (Å²) in [6, 6.07) is 0. The fourth-order valence-corrected chi connectivity index (χ4v) is 2.45. The molecule has 0 aliphatic carbocycles. The maximum atomic E-state index is 4.27. The molecule has 1 N–H and O–H groups in total. The summed E-state index contributed by atoms with van der Waals surface area (Å²) in [5.74, 6) is 0. The largest absolute Gasteiger partial charge is 0.330 e. The number of nitrogens with one attached hydrogen (secondary N) is 1. The molecule has 0 bridgehead atoms. The van der Waals surface area contributed by atoms with E-state index in [1.165, 1.54) is 0 Å². The lowest BCUT2D eigenvalue weighted by atomic mass is 10.1. The Morgan fingerprint density at radius 1 is 1.37 bits per heavy atom. The summed E-state index contributed by atoms with van der Waals surface area (Å²) in [6.07, 6.45) is 12.3. The van der Waals surface area contributed by atoms with Crippen LogP contribution in [0.4, 0.5) is 0 Å². The zero-order chi connectivity index (χ0) is 13.1. The van der Waals surface area contributed by atoms with Gasteiger partial charge in [0, 0.05) is 31.9 Å². The van der Waals surface area contributed by atoms with Gasteiger partial charge in [-0.15, -0.1) is 0 Å². The van der Waals surface area contributed by atoms with Gasteiger partial charge in [-0.2, -0.15) is 5.10 Å². The molecule has 0 atom stereocenters. The molecular formula is C14H19N5. The minimum atomic E-state index is 0.982. The molecule has 5 heteroatoms. The Morgan fingerprint density at radius 3 is 3.05 bits per heavy atom. The van der Waals surface area contributed by atoms with E-state index in [-0.39, 0.29) is 0 Å². The summed E-state index contributed by atoms with van der Waals surface area (Å²) in [6.45, 7) is 3.09. The predicted octanol–water partition coefficient (Wildman–Crippen LogP) is 1.59. The van der Waals surface area contributed by atoms with Crippen LogP contribution in [-0.4, -0.2) is 32.4 Å². The summed E-state index contributed by atoms with van der Waals surface area (Å²) in [7, 11) is 1.93. The molecule has 1 aliphatic rings. The predicted molar refractivity (Wildman–Crippen MR) is 74.6 cm³/mol. The Morgan fingerprint density at radius 2 is 2.32 bits per heavy atom. The molecule has 100 valence electrons. The molecule has 1 aliphatic heterocycles. The number of imidazole rings is 1. The van der Waals surface area contributed by atoms with Gasteiger partial charge in [0.05, 0.1) is 24.4 Å². The van der Waals surface area contributed by atoms with Crippen molar-refractivity contribution < 1.29 is 0 Å². The molecule has 5 nitrogen and oxygen atoms in total. The molecule has 0 saturated carbocycles. The van der Waals surface area contributed by atoms with Crippen molar-refractivity contribution >= 4 is 0 Å². The number of aromatic nitrogens is 4. The van der Waals surface area contributed by atoms with E-state index in [9.17, 15) is 0 Å². The Balaban J connectivity index is 1.72. The minimum absolute atomic E-state index is 0.982. The Hall–Kier alpha value is -1.88. The van der Waals surface area contributed by atoms with Crippen molar-refractivity contribution in [2.24, 2.45) is 7.05 Å². The quantitative estimate of drug-likeness (QED) is 0.846. The third kappa shape index (κ3) is 2.76. The van der Waals surface area contributed by atoms with Crippen LogP contribution in [0.1, 0.15) is 12.8 Å². The SMILES string of the molecule is Cn1cc(-c2cncn2CCC2=CCNCC2)cn1. The van der Waals surface area contributed by atoms with Gasteiger partial charge in [0.25, 0.3) is 0 Å². The van der Waals surface area contributed by atoms with Gasteiger partial charge in [0.2, 0.25) is 0 Å². The summed E-state index contributed by atoms with van der Waals surface area (Å²) in [5.41, 5.74) is 3.81. The van der Waals surface area contributed by atoms with E-state index in [1.54, 1.807) is 5.57 Å². The summed E-state index contributed by atoms with van der Waals surface area (Å²) in [4.78, 5) is 4.27. The summed E-state index contributed by atoms with van der Waals surface area (Å²) < 4.78 is 4.03. The third-order valence-corrected chi connectivity index (χ3v) is 3.54. The van der Waals surface area contributed by atoms with Crippen LogP contribution in [0, 0.1) is 0 Å². The van der Waals surface area contributed by atoms with Crippen molar-refractivity contribution in [3.05, 3.63) is 36.6 Å². The number of aryl methyl sites for hydroxylation is 2. The molecule has 3 rings (SSSR count). The lowest BCUT2D eigenvalue weighted by molar-refractivity contribution is 0.633. The topological polar surface area (TPSA) is 47.7 Å². The van der Waals surface area contributed by atoms with E-state index >= 15 is 0 Å². The zero-order valence-corrected chi connectivity index (χ0v) is 11.2. The summed E-state index contributed by atoms with van der Waals surface area (Å²) >= 11 is 0. The molecular weight excluding hydrogens is 238 g/mol. The number of hydrogen-bond donors (Lipinski definition) is 1. The van der Waals surface area contributed by atoms with Crippen molar-refractivity contribution in [3.63, 3.8) is 0 Å². The van der Waals surface area contributed by atoms with Crippen LogP contribution >= 0.6 is 0 Å². The second kappa shape index (κ2) is 5.40. The maximum Gasteiger partial charge on any atom is 0.0951 e. The van der Waals surface area contributed by atoms with Gasteiger partial charge in [0.1, 0.15) is 0 Å². The van der Waals surface area contributed by atoms with E-state index in [2.05, 4.69) is 26.0 Å². The molecule has 0 radical (unpaired) electrons. The minimum Gasteiger partial charge on any atom is -0.330 e. The smallest absolute Gasteiger partial charge is 0.0951 e. The molecule has 0 fully saturated rings. The second-order valence-corrected chi connectivity index (χ2v) is 4.94. The normalized spacial score (nSPS) is 15.5. The van der Waals surface area contributed by atoms with Crippen LogP contribution in [0.25, 0.3) is 11.3 Å². The molecule has 3 heterocycles. The van der Waals surface area contributed by atoms with Gasteiger partial charge >= 0.3 is 0 Å². The summed E-state index contributed by atoms with van der Waals surface area (Å²) in [5, 5.41) is 7.56. The van der Waals surface area contributed by atoms with Crippen LogP contribution in [0.5, 0.6) is 0 Å². The van der Waals surface area contributed by atoms with Gasteiger partial charge in [-0.05, 0) is 19.4 Å². The highest BCUT2D eigenvalue weighted by Crippen LogP contribution is 2.19. The van der Waals surface area contributed by atoms with Gasteiger partial charge in [-0.3, -0.25) is 4.68 Å². The molecule has 0 amide bonds. The monoisotopic (exact) mass is 257 g/mol. The number of nitrogens with zero attached hydrogens (tertiary/aromatic N) is 4. The van der Waals surface area contributed by atoms with Crippen molar-refractivity contribution in [1.29, 1.82) is 0 Å².